The monoisotopic (exact) mass is 510 g/mol. The van der Waals surface area contributed by atoms with Crippen LogP contribution in [0, 0.1) is 0 Å². The molecule has 1 heterocycles. The zero-order valence-electron chi connectivity index (χ0n) is 21.9. The molecule has 1 aliphatic heterocycles. The Hall–Kier alpha value is -3.92. The molecule has 2 N–H and O–H groups in total. The topological polar surface area (TPSA) is 117 Å². The number of piperazine rings is 1. The maximum Gasteiger partial charge on any atom is 0.408 e. The van der Waals surface area contributed by atoms with E-state index in [1.165, 1.54) is 19.2 Å². The van der Waals surface area contributed by atoms with E-state index >= 15 is 0 Å². The predicted octanol–water partition coefficient (Wildman–Crippen LogP) is 2.83. The minimum atomic E-state index is -0.939. The molecule has 3 rings (SSSR count). The Kier molecular flexibility index (Phi) is 8.88. The van der Waals surface area contributed by atoms with Crippen molar-refractivity contribution in [3.63, 3.8) is 0 Å². The molecule has 10 heteroatoms. The van der Waals surface area contributed by atoms with Crippen molar-refractivity contribution in [2.75, 3.05) is 44.0 Å². The van der Waals surface area contributed by atoms with Crippen LogP contribution >= 0.6 is 0 Å². The standard InChI is InChI=1S/C27H34N4O6/c1-27(2,3)37-26(35)29-22(24(33)28-20-10-8-19(9-11-20)25(34)36-5)16-18-6-12-21(13-7-18)31-15-14-30(4)17-23(31)32/h6-13,22H,14-17H2,1-5H3,(H,28,33)(H,29,35)/t22-/m0/s1. The van der Waals surface area contributed by atoms with Gasteiger partial charge in [0.1, 0.15) is 11.6 Å². The normalized spacial score (nSPS) is 15.1. The molecule has 1 atom stereocenters. The van der Waals surface area contributed by atoms with Crippen LogP contribution in [0.5, 0.6) is 0 Å². The van der Waals surface area contributed by atoms with Crippen molar-refractivity contribution in [2.24, 2.45) is 0 Å². The first-order valence-corrected chi connectivity index (χ1v) is 12.0. The maximum atomic E-state index is 13.2. The van der Waals surface area contributed by atoms with Crippen molar-refractivity contribution < 1.29 is 28.7 Å². The predicted molar refractivity (Wildman–Crippen MR) is 140 cm³/mol. The van der Waals surface area contributed by atoms with Crippen molar-refractivity contribution in [1.82, 2.24) is 10.2 Å². The number of likely N-dealkylation sites (N-methyl/N-ethyl adjacent to an activating group) is 1. The molecule has 0 radical (unpaired) electrons. The Morgan fingerprint density at radius 3 is 2.22 bits per heavy atom. The van der Waals surface area contributed by atoms with Crippen LogP contribution in [0.3, 0.4) is 0 Å². The number of carbonyl (C=O) groups excluding carboxylic acids is 4. The third-order valence-corrected chi connectivity index (χ3v) is 5.68. The van der Waals surface area contributed by atoms with Crippen molar-refractivity contribution >= 4 is 35.3 Å². The van der Waals surface area contributed by atoms with E-state index in [1.54, 1.807) is 37.8 Å². The molecule has 0 bridgehead atoms. The first kappa shape index (κ1) is 27.7. The van der Waals surface area contributed by atoms with Gasteiger partial charge in [0.25, 0.3) is 0 Å². The van der Waals surface area contributed by atoms with Gasteiger partial charge >= 0.3 is 12.1 Å². The fourth-order valence-electron chi connectivity index (χ4n) is 3.81. The van der Waals surface area contributed by atoms with Gasteiger partial charge in [0, 0.05) is 30.9 Å². The molecule has 1 fully saturated rings. The fourth-order valence-corrected chi connectivity index (χ4v) is 3.81. The minimum Gasteiger partial charge on any atom is -0.465 e. The van der Waals surface area contributed by atoms with E-state index in [0.717, 1.165) is 17.8 Å². The highest BCUT2D eigenvalue weighted by molar-refractivity contribution is 5.98. The van der Waals surface area contributed by atoms with Crippen LogP contribution < -0.4 is 15.5 Å². The summed E-state index contributed by atoms with van der Waals surface area (Å²) in [5.74, 6) is -0.900. The average molecular weight is 511 g/mol. The lowest BCUT2D eigenvalue weighted by molar-refractivity contribution is -0.121. The summed E-state index contributed by atoms with van der Waals surface area (Å²) in [7, 11) is 3.20. The minimum absolute atomic E-state index is 0.0311. The summed E-state index contributed by atoms with van der Waals surface area (Å²) >= 11 is 0. The van der Waals surface area contributed by atoms with Crippen LogP contribution in [0.2, 0.25) is 0 Å². The molecule has 0 aromatic heterocycles. The highest BCUT2D eigenvalue weighted by Gasteiger charge is 2.26. The van der Waals surface area contributed by atoms with Crippen molar-refractivity contribution in [2.45, 2.75) is 38.8 Å². The number of anilines is 2. The average Bonchev–Trinajstić information content (AvgIpc) is 2.83. The number of benzene rings is 2. The highest BCUT2D eigenvalue weighted by Crippen LogP contribution is 2.19. The van der Waals surface area contributed by atoms with Gasteiger partial charge in [-0.25, -0.2) is 9.59 Å². The molecular weight excluding hydrogens is 476 g/mol. The van der Waals surface area contributed by atoms with Gasteiger partial charge in [-0.15, -0.1) is 0 Å². The van der Waals surface area contributed by atoms with E-state index in [9.17, 15) is 19.2 Å². The number of rotatable bonds is 7. The van der Waals surface area contributed by atoms with Crippen molar-refractivity contribution in [3.8, 4) is 0 Å². The quantitative estimate of drug-likeness (QED) is 0.550. The SMILES string of the molecule is COC(=O)c1ccc(NC(=O)[C@H](Cc2ccc(N3CCN(C)CC3=O)cc2)NC(=O)OC(C)(C)C)cc1. The van der Waals surface area contributed by atoms with Crippen LogP contribution in [-0.2, 0) is 25.5 Å². The Bertz CT molecular complexity index is 1130. The van der Waals surface area contributed by atoms with E-state index in [-0.39, 0.29) is 12.3 Å². The molecule has 198 valence electrons. The van der Waals surface area contributed by atoms with Gasteiger partial charge in [-0.1, -0.05) is 12.1 Å². The molecule has 0 saturated carbocycles. The van der Waals surface area contributed by atoms with Crippen molar-refractivity contribution in [3.05, 3.63) is 59.7 Å². The maximum absolute atomic E-state index is 13.2. The van der Waals surface area contributed by atoms with Crippen LogP contribution in [0.25, 0.3) is 0 Å². The van der Waals surface area contributed by atoms with Crippen LogP contribution in [0.4, 0.5) is 16.2 Å². The Labute approximate surface area is 216 Å². The Morgan fingerprint density at radius 2 is 1.65 bits per heavy atom. The number of hydrogen-bond donors (Lipinski definition) is 2. The van der Waals surface area contributed by atoms with E-state index in [0.29, 0.717) is 24.3 Å². The van der Waals surface area contributed by atoms with Gasteiger partial charge in [0.05, 0.1) is 19.2 Å². The molecule has 0 unspecified atom stereocenters. The van der Waals surface area contributed by atoms with Crippen LogP contribution in [0.1, 0.15) is 36.7 Å². The summed E-state index contributed by atoms with van der Waals surface area (Å²) in [6, 6.07) is 12.6. The lowest BCUT2D eigenvalue weighted by atomic mass is 10.0. The first-order chi connectivity index (χ1) is 17.4. The molecular formula is C27H34N4O6. The molecule has 1 aliphatic rings. The molecule has 0 spiro atoms. The number of esters is 1. The Balaban J connectivity index is 1.73. The third kappa shape index (κ3) is 8.04. The zero-order chi connectivity index (χ0) is 27.2. The molecule has 1 saturated heterocycles. The second-order valence-corrected chi connectivity index (χ2v) is 9.91. The molecule has 2 aromatic carbocycles. The summed E-state index contributed by atoms with van der Waals surface area (Å²) in [4.78, 5) is 53.4. The molecule has 0 aliphatic carbocycles. The summed E-state index contributed by atoms with van der Waals surface area (Å²) in [6.45, 7) is 6.98. The van der Waals surface area contributed by atoms with Gasteiger partial charge in [-0.2, -0.15) is 0 Å². The highest BCUT2D eigenvalue weighted by atomic mass is 16.6. The lowest BCUT2D eigenvalue weighted by Gasteiger charge is -2.32. The van der Waals surface area contributed by atoms with Crippen LogP contribution in [-0.4, -0.2) is 74.2 Å². The molecule has 2 aromatic rings. The van der Waals surface area contributed by atoms with Crippen molar-refractivity contribution in [1.29, 1.82) is 0 Å². The third-order valence-electron chi connectivity index (χ3n) is 5.68. The van der Waals surface area contributed by atoms with E-state index in [1.807, 2.05) is 36.2 Å². The second kappa shape index (κ2) is 11.9. The smallest absolute Gasteiger partial charge is 0.408 e. The largest absolute Gasteiger partial charge is 0.465 e. The second-order valence-electron chi connectivity index (χ2n) is 9.91. The summed E-state index contributed by atoms with van der Waals surface area (Å²) in [5, 5.41) is 5.42. The number of carbonyl (C=O) groups is 4. The Morgan fingerprint density at radius 1 is 1.00 bits per heavy atom. The number of nitrogens with zero attached hydrogens (tertiary/aromatic N) is 2. The van der Waals surface area contributed by atoms with E-state index < -0.39 is 29.6 Å². The summed E-state index contributed by atoms with van der Waals surface area (Å²) in [6.07, 6.45) is -0.518. The number of ether oxygens (including phenoxy) is 2. The molecule has 3 amide bonds. The van der Waals surface area contributed by atoms with Gasteiger partial charge in [-0.3, -0.25) is 14.5 Å². The number of nitrogens with one attached hydrogen (secondary N) is 2. The number of alkyl carbamates (subject to hydrolysis) is 1. The first-order valence-electron chi connectivity index (χ1n) is 12.0. The lowest BCUT2D eigenvalue weighted by Crippen LogP contribution is -2.49. The fraction of sp³-hybridized carbons (Fsp3) is 0.407. The zero-order valence-corrected chi connectivity index (χ0v) is 21.9. The van der Waals surface area contributed by atoms with E-state index in [4.69, 9.17) is 9.47 Å². The molecule has 10 nitrogen and oxygen atoms in total. The summed E-state index contributed by atoms with van der Waals surface area (Å²) < 4.78 is 10.0. The number of methoxy groups -OCH3 is 1. The van der Waals surface area contributed by atoms with Gasteiger partial charge < -0.3 is 25.0 Å². The van der Waals surface area contributed by atoms with Gasteiger partial charge in [-0.05, 0) is 69.8 Å². The number of amides is 3. The van der Waals surface area contributed by atoms with Crippen LogP contribution in [0.15, 0.2) is 48.5 Å². The molecule has 37 heavy (non-hydrogen) atoms. The summed E-state index contributed by atoms with van der Waals surface area (Å²) in [5.41, 5.74) is 1.66. The van der Waals surface area contributed by atoms with E-state index in [2.05, 4.69) is 10.6 Å². The number of hydrogen-bond acceptors (Lipinski definition) is 7. The van der Waals surface area contributed by atoms with Gasteiger partial charge in [0.2, 0.25) is 11.8 Å². The van der Waals surface area contributed by atoms with Gasteiger partial charge in [0.15, 0.2) is 0 Å².